The Hall–Kier alpha value is -2.93. The minimum atomic E-state index is -0.961. The highest BCUT2D eigenvalue weighted by Crippen LogP contribution is 2.35. The molecule has 4 rings (SSSR count). The molecule has 1 N–H and O–H groups in total. The first-order valence-corrected chi connectivity index (χ1v) is 13.1. The number of aromatic nitrogens is 2. The standard InChI is InChI=1S/C24H22N4O2S3/c1-15(2)24(3,14-25)27-19(29)13-33-23-26-21-20(17(12-32-21)18-10-7-11-31-18)22(30)28(23)16-8-5-4-6-9-16/h4-12,15H,13H2,1-3H3,(H,27,29). The molecule has 1 unspecified atom stereocenters. The largest absolute Gasteiger partial charge is 0.337 e. The van der Waals surface area contributed by atoms with Crippen molar-refractivity contribution in [2.24, 2.45) is 5.92 Å². The summed E-state index contributed by atoms with van der Waals surface area (Å²) in [6, 6.07) is 15.4. The number of hydrogen-bond donors (Lipinski definition) is 1. The molecule has 1 aromatic carbocycles. The molecular weight excluding hydrogens is 472 g/mol. The van der Waals surface area contributed by atoms with Crippen LogP contribution in [-0.2, 0) is 4.79 Å². The molecule has 0 saturated carbocycles. The van der Waals surface area contributed by atoms with E-state index in [-0.39, 0.29) is 23.1 Å². The smallest absolute Gasteiger partial charge is 0.268 e. The van der Waals surface area contributed by atoms with Crippen molar-refractivity contribution in [3.63, 3.8) is 0 Å². The van der Waals surface area contributed by atoms with E-state index in [0.29, 0.717) is 21.1 Å². The molecule has 168 valence electrons. The van der Waals surface area contributed by atoms with Gasteiger partial charge in [-0.3, -0.25) is 14.2 Å². The topological polar surface area (TPSA) is 87.8 Å². The van der Waals surface area contributed by atoms with Gasteiger partial charge >= 0.3 is 0 Å². The van der Waals surface area contributed by atoms with Crippen molar-refractivity contribution in [3.8, 4) is 22.2 Å². The van der Waals surface area contributed by atoms with Crippen LogP contribution in [0.25, 0.3) is 26.3 Å². The lowest BCUT2D eigenvalue weighted by molar-refractivity contribution is -0.120. The van der Waals surface area contributed by atoms with E-state index >= 15 is 0 Å². The summed E-state index contributed by atoms with van der Waals surface area (Å²) >= 11 is 4.19. The molecule has 3 heterocycles. The molecule has 0 radical (unpaired) electrons. The second-order valence-corrected chi connectivity index (χ2v) is 10.7. The average Bonchev–Trinajstić information content (AvgIpc) is 3.48. The number of thioether (sulfide) groups is 1. The minimum Gasteiger partial charge on any atom is -0.337 e. The van der Waals surface area contributed by atoms with Crippen LogP contribution in [-0.4, -0.2) is 26.8 Å². The molecule has 6 nitrogen and oxygen atoms in total. The van der Waals surface area contributed by atoms with Gasteiger partial charge in [-0.1, -0.05) is 49.9 Å². The van der Waals surface area contributed by atoms with Gasteiger partial charge < -0.3 is 5.32 Å². The molecular formula is C24H22N4O2S3. The first-order valence-electron chi connectivity index (χ1n) is 10.3. The van der Waals surface area contributed by atoms with Gasteiger partial charge in [0.15, 0.2) is 5.16 Å². The fraction of sp³-hybridized carbons (Fsp3) is 0.250. The van der Waals surface area contributed by atoms with Crippen LogP contribution in [0.4, 0.5) is 0 Å². The summed E-state index contributed by atoms with van der Waals surface area (Å²) < 4.78 is 1.57. The van der Waals surface area contributed by atoms with Crippen LogP contribution in [0.1, 0.15) is 20.8 Å². The molecule has 0 aliphatic carbocycles. The van der Waals surface area contributed by atoms with Gasteiger partial charge in [0, 0.05) is 15.8 Å². The Bertz CT molecular complexity index is 1390. The molecule has 33 heavy (non-hydrogen) atoms. The van der Waals surface area contributed by atoms with Crippen LogP contribution < -0.4 is 10.9 Å². The van der Waals surface area contributed by atoms with Gasteiger partial charge in [-0.05, 0) is 36.4 Å². The maximum absolute atomic E-state index is 13.7. The highest BCUT2D eigenvalue weighted by Gasteiger charge is 2.30. The summed E-state index contributed by atoms with van der Waals surface area (Å²) in [5.41, 5.74) is 0.440. The van der Waals surface area contributed by atoms with Crippen LogP contribution in [0.15, 0.2) is 63.2 Å². The average molecular weight is 495 g/mol. The lowest BCUT2D eigenvalue weighted by Gasteiger charge is -2.27. The third-order valence-electron chi connectivity index (χ3n) is 5.50. The zero-order chi connectivity index (χ0) is 23.6. The minimum absolute atomic E-state index is 0.0396. The number of amides is 1. The number of fused-ring (bicyclic) bond motifs is 1. The molecule has 0 fully saturated rings. The predicted molar refractivity (Wildman–Crippen MR) is 136 cm³/mol. The Morgan fingerprint density at radius 1 is 1.24 bits per heavy atom. The van der Waals surface area contributed by atoms with Gasteiger partial charge in [-0.2, -0.15) is 5.26 Å². The number of nitrogens with zero attached hydrogens (tertiary/aromatic N) is 3. The van der Waals surface area contributed by atoms with Crippen molar-refractivity contribution < 1.29 is 4.79 Å². The summed E-state index contributed by atoms with van der Waals surface area (Å²) in [6.45, 7) is 5.49. The number of carbonyl (C=O) groups excluding carboxylic acids is 1. The first kappa shape index (κ1) is 23.2. The Kier molecular flexibility index (Phi) is 6.70. The molecule has 1 amide bonds. The number of para-hydroxylation sites is 1. The Morgan fingerprint density at radius 3 is 2.64 bits per heavy atom. The van der Waals surface area contributed by atoms with Crippen molar-refractivity contribution in [1.29, 1.82) is 5.26 Å². The number of hydrogen-bond acceptors (Lipinski definition) is 7. The van der Waals surface area contributed by atoms with E-state index in [0.717, 1.165) is 10.4 Å². The Balaban J connectivity index is 1.75. The number of thiophene rings is 2. The molecule has 9 heteroatoms. The molecule has 0 aliphatic heterocycles. The van der Waals surface area contributed by atoms with Crippen LogP contribution >= 0.6 is 34.4 Å². The van der Waals surface area contributed by atoms with E-state index in [1.807, 2.05) is 67.1 Å². The Labute approximate surface area is 203 Å². The summed E-state index contributed by atoms with van der Waals surface area (Å²) in [5.74, 6) is -0.287. The van der Waals surface area contributed by atoms with Gasteiger partial charge in [-0.25, -0.2) is 4.98 Å². The number of benzene rings is 1. The predicted octanol–water partition coefficient (Wildman–Crippen LogP) is 5.32. The van der Waals surface area contributed by atoms with E-state index in [2.05, 4.69) is 11.4 Å². The maximum Gasteiger partial charge on any atom is 0.268 e. The third kappa shape index (κ3) is 4.60. The summed E-state index contributed by atoms with van der Waals surface area (Å²) in [5, 5.41) is 17.3. The summed E-state index contributed by atoms with van der Waals surface area (Å²) in [7, 11) is 0. The van der Waals surface area contributed by atoms with Crippen LogP contribution in [0, 0.1) is 17.2 Å². The van der Waals surface area contributed by atoms with Crippen molar-refractivity contribution in [1.82, 2.24) is 14.9 Å². The fourth-order valence-electron chi connectivity index (χ4n) is 3.24. The van der Waals surface area contributed by atoms with Crippen molar-refractivity contribution in [3.05, 3.63) is 63.6 Å². The zero-order valence-electron chi connectivity index (χ0n) is 18.4. The third-order valence-corrected chi connectivity index (χ3v) is 8.21. The monoisotopic (exact) mass is 494 g/mol. The van der Waals surface area contributed by atoms with Gasteiger partial charge in [0.1, 0.15) is 10.4 Å². The lowest BCUT2D eigenvalue weighted by atomic mass is 9.90. The molecule has 0 spiro atoms. The van der Waals surface area contributed by atoms with Gasteiger partial charge in [0.2, 0.25) is 5.91 Å². The highest BCUT2D eigenvalue weighted by atomic mass is 32.2. The summed E-state index contributed by atoms with van der Waals surface area (Å²) in [4.78, 5) is 32.8. The van der Waals surface area contributed by atoms with Gasteiger partial charge in [0.05, 0.1) is 22.9 Å². The number of rotatable bonds is 7. The van der Waals surface area contributed by atoms with Gasteiger partial charge in [-0.15, -0.1) is 22.7 Å². The van der Waals surface area contributed by atoms with Crippen molar-refractivity contribution in [2.75, 3.05) is 5.75 Å². The maximum atomic E-state index is 13.7. The van der Waals surface area contributed by atoms with Crippen LogP contribution in [0.2, 0.25) is 0 Å². The van der Waals surface area contributed by atoms with E-state index in [4.69, 9.17) is 4.98 Å². The molecule has 3 aromatic heterocycles. The lowest BCUT2D eigenvalue weighted by Crippen LogP contribution is -2.49. The van der Waals surface area contributed by atoms with Crippen molar-refractivity contribution >= 4 is 50.6 Å². The highest BCUT2D eigenvalue weighted by molar-refractivity contribution is 7.99. The molecule has 0 saturated heterocycles. The molecule has 0 aliphatic rings. The van der Waals surface area contributed by atoms with E-state index in [1.54, 1.807) is 22.8 Å². The normalized spacial score (nSPS) is 13.1. The van der Waals surface area contributed by atoms with Crippen LogP contribution in [0.5, 0.6) is 0 Å². The molecule has 4 aromatic rings. The van der Waals surface area contributed by atoms with Crippen LogP contribution in [0.3, 0.4) is 0 Å². The molecule has 0 bridgehead atoms. The van der Waals surface area contributed by atoms with E-state index in [9.17, 15) is 14.9 Å². The quantitative estimate of drug-likeness (QED) is 0.277. The summed E-state index contributed by atoms with van der Waals surface area (Å²) in [6.07, 6.45) is 0. The van der Waals surface area contributed by atoms with E-state index in [1.165, 1.54) is 23.1 Å². The van der Waals surface area contributed by atoms with Gasteiger partial charge in [0.25, 0.3) is 5.56 Å². The number of nitriles is 1. The first-order chi connectivity index (χ1) is 15.8. The SMILES string of the molecule is CC(C)C(C)(C#N)NC(=O)CSc1nc2scc(-c3cccs3)c2c(=O)n1-c1ccccc1. The Morgan fingerprint density at radius 2 is 2.00 bits per heavy atom. The number of carbonyl (C=O) groups is 1. The second-order valence-electron chi connectivity index (χ2n) is 7.98. The van der Waals surface area contributed by atoms with E-state index < -0.39 is 5.54 Å². The van der Waals surface area contributed by atoms with Crippen molar-refractivity contribution in [2.45, 2.75) is 31.5 Å². The zero-order valence-corrected chi connectivity index (χ0v) is 20.8. The number of nitrogens with one attached hydrogen (secondary N) is 1. The molecule has 1 atom stereocenters. The fourth-order valence-corrected chi connectivity index (χ4v) is 5.86. The second kappa shape index (κ2) is 9.51.